The van der Waals surface area contributed by atoms with Crippen molar-refractivity contribution in [2.45, 2.75) is 12.5 Å². The van der Waals surface area contributed by atoms with E-state index in [-0.39, 0.29) is 12.4 Å². The van der Waals surface area contributed by atoms with Crippen LogP contribution in [0.25, 0.3) is 0 Å². The van der Waals surface area contributed by atoms with Crippen LogP contribution in [0.4, 0.5) is 16.3 Å². The Labute approximate surface area is 235 Å². The van der Waals surface area contributed by atoms with Crippen molar-refractivity contribution in [3.05, 3.63) is 66.6 Å². The fraction of sp³-hybridized carbons (Fsp3) is 0.414. The quantitative estimate of drug-likeness (QED) is 0.304. The maximum atomic E-state index is 12.4. The van der Waals surface area contributed by atoms with Crippen molar-refractivity contribution in [1.82, 2.24) is 19.8 Å². The SMILES string of the molecule is COc1cc(NC[C@@H](c2ccccc2)N(C(=O)O)c2ccncn2)cc(OCCCN2CCN(C)CC2)c1OC. The third-order valence-corrected chi connectivity index (χ3v) is 6.93. The molecular weight excluding hydrogens is 512 g/mol. The molecule has 2 N–H and O–H groups in total. The van der Waals surface area contributed by atoms with Crippen LogP contribution in [-0.2, 0) is 0 Å². The summed E-state index contributed by atoms with van der Waals surface area (Å²) in [7, 11) is 5.31. The van der Waals surface area contributed by atoms with Crippen LogP contribution in [-0.4, -0.2) is 98.1 Å². The number of hydrogen-bond acceptors (Lipinski definition) is 9. The normalized spacial score (nSPS) is 14.8. The van der Waals surface area contributed by atoms with E-state index in [1.807, 2.05) is 42.5 Å². The lowest BCUT2D eigenvalue weighted by Gasteiger charge is -2.32. The van der Waals surface area contributed by atoms with Gasteiger partial charge in [-0.25, -0.2) is 14.8 Å². The lowest BCUT2D eigenvalue weighted by Crippen LogP contribution is -2.44. The molecule has 1 aliphatic heterocycles. The number of methoxy groups -OCH3 is 2. The number of aromatic nitrogens is 2. The highest BCUT2D eigenvalue weighted by Gasteiger charge is 2.28. The zero-order valence-corrected chi connectivity index (χ0v) is 23.3. The van der Waals surface area contributed by atoms with Crippen molar-refractivity contribution < 1.29 is 24.1 Å². The molecule has 0 spiro atoms. The number of benzene rings is 2. The van der Waals surface area contributed by atoms with E-state index in [1.54, 1.807) is 20.3 Å². The number of amides is 1. The number of nitrogens with zero attached hydrogens (tertiary/aromatic N) is 5. The number of ether oxygens (including phenoxy) is 3. The van der Waals surface area contributed by atoms with Crippen LogP contribution in [0.5, 0.6) is 17.2 Å². The zero-order valence-electron chi connectivity index (χ0n) is 23.3. The van der Waals surface area contributed by atoms with E-state index in [1.165, 1.54) is 17.4 Å². The average molecular weight is 551 g/mol. The van der Waals surface area contributed by atoms with E-state index in [0.29, 0.717) is 29.5 Å². The van der Waals surface area contributed by atoms with Gasteiger partial charge in [-0.2, -0.15) is 0 Å². The van der Waals surface area contributed by atoms with Gasteiger partial charge in [0, 0.05) is 63.3 Å². The van der Waals surface area contributed by atoms with Crippen LogP contribution in [0, 0.1) is 0 Å². The smallest absolute Gasteiger partial charge is 0.413 e. The summed E-state index contributed by atoms with van der Waals surface area (Å²) in [6.45, 7) is 6.06. The average Bonchev–Trinajstić information content (AvgIpc) is 2.98. The Hall–Kier alpha value is -4.09. The fourth-order valence-corrected chi connectivity index (χ4v) is 4.75. The Morgan fingerprint density at radius 1 is 1.07 bits per heavy atom. The second-order valence-corrected chi connectivity index (χ2v) is 9.58. The van der Waals surface area contributed by atoms with Crippen molar-refractivity contribution in [2.75, 3.05) is 77.4 Å². The number of hydrogen-bond donors (Lipinski definition) is 2. The van der Waals surface area contributed by atoms with Gasteiger partial charge in [0.15, 0.2) is 11.5 Å². The number of rotatable bonds is 13. The molecule has 0 aliphatic carbocycles. The predicted octanol–water partition coefficient (Wildman–Crippen LogP) is 3.85. The summed E-state index contributed by atoms with van der Waals surface area (Å²) in [6, 6.07) is 14.1. The molecule has 4 rings (SSSR count). The van der Waals surface area contributed by atoms with E-state index in [9.17, 15) is 9.90 Å². The molecule has 2 aromatic carbocycles. The minimum atomic E-state index is -1.12. The monoisotopic (exact) mass is 550 g/mol. The van der Waals surface area contributed by atoms with Gasteiger partial charge in [0.05, 0.1) is 26.9 Å². The molecule has 1 fully saturated rings. The summed E-state index contributed by atoms with van der Waals surface area (Å²) in [6.07, 6.45) is 2.62. The lowest BCUT2D eigenvalue weighted by atomic mass is 10.1. The van der Waals surface area contributed by atoms with Crippen molar-refractivity contribution >= 4 is 17.6 Å². The predicted molar refractivity (Wildman–Crippen MR) is 154 cm³/mol. The van der Waals surface area contributed by atoms with Gasteiger partial charge >= 0.3 is 6.09 Å². The van der Waals surface area contributed by atoms with Crippen molar-refractivity contribution in [2.24, 2.45) is 0 Å². The topological polar surface area (TPSA) is 113 Å². The minimum Gasteiger partial charge on any atom is -0.493 e. The van der Waals surface area contributed by atoms with Gasteiger partial charge in [0.1, 0.15) is 12.1 Å². The number of carboxylic acid groups (broad SMARTS) is 1. The molecule has 1 saturated heterocycles. The van der Waals surface area contributed by atoms with Crippen LogP contribution >= 0.6 is 0 Å². The molecule has 0 bridgehead atoms. The van der Waals surface area contributed by atoms with Gasteiger partial charge < -0.3 is 34.4 Å². The van der Waals surface area contributed by atoms with Crippen molar-refractivity contribution in [1.29, 1.82) is 0 Å². The maximum absolute atomic E-state index is 12.4. The molecule has 0 unspecified atom stereocenters. The molecule has 1 amide bonds. The molecule has 3 aromatic rings. The maximum Gasteiger partial charge on any atom is 0.413 e. The molecule has 11 nitrogen and oxygen atoms in total. The highest BCUT2D eigenvalue weighted by molar-refractivity contribution is 5.85. The first-order valence-electron chi connectivity index (χ1n) is 13.4. The number of carbonyl (C=O) groups is 1. The minimum absolute atomic E-state index is 0.263. The lowest BCUT2D eigenvalue weighted by molar-refractivity contribution is 0.145. The summed E-state index contributed by atoms with van der Waals surface area (Å²) in [5.41, 5.74) is 1.53. The molecule has 40 heavy (non-hydrogen) atoms. The number of anilines is 2. The first kappa shape index (κ1) is 28.9. The van der Waals surface area contributed by atoms with E-state index >= 15 is 0 Å². The Bertz CT molecular complexity index is 1210. The molecule has 11 heteroatoms. The number of nitrogens with one attached hydrogen (secondary N) is 1. The first-order chi connectivity index (χ1) is 19.5. The van der Waals surface area contributed by atoms with Gasteiger partial charge in [-0.3, -0.25) is 4.90 Å². The summed E-state index contributed by atoms with van der Waals surface area (Å²) >= 11 is 0. The van der Waals surface area contributed by atoms with Crippen LogP contribution in [0.15, 0.2) is 61.1 Å². The van der Waals surface area contributed by atoms with E-state index in [4.69, 9.17) is 14.2 Å². The Morgan fingerprint density at radius 3 is 2.48 bits per heavy atom. The van der Waals surface area contributed by atoms with Gasteiger partial charge in [-0.1, -0.05) is 30.3 Å². The second kappa shape index (κ2) is 14.3. The molecule has 214 valence electrons. The highest BCUT2D eigenvalue weighted by Crippen LogP contribution is 2.40. The summed E-state index contributed by atoms with van der Waals surface area (Å²) in [5, 5.41) is 13.5. The molecule has 1 aromatic heterocycles. The van der Waals surface area contributed by atoms with Gasteiger partial charge in [0.25, 0.3) is 0 Å². The Morgan fingerprint density at radius 2 is 1.82 bits per heavy atom. The molecule has 2 heterocycles. The van der Waals surface area contributed by atoms with Crippen LogP contribution in [0.2, 0.25) is 0 Å². The van der Waals surface area contributed by atoms with Crippen molar-refractivity contribution in [3.63, 3.8) is 0 Å². The molecule has 1 atom stereocenters. The highest BCUT2D eigenvalue weighted by atomic mass is 16.5. The third kappa shape index (κ3) is 7.51. The standard InChI is InChI=1S/C29H38N6O5/c1-33-13-15-34(16-14-33)12-7-17-40-26-19-23(18-25(38-2)28(26)39-3)31-20-24(22-8-5-4-6-9-22)35(29(36)37)27-10-11-30-21-32-27/h4-6,8-11,18-19,21,24,31H,7,12-17,20H2,1-3H3,(H,36,37)/t24-/m0/s1. The van der Waals surface area contributed by atoms with E-state index in [0.717, 1.165) is 44.7 Å². The summed E-state index contributed by atoms with van der Waals surface area (Å²) in [5.74, 6) is 1.88. The fourth-order valence-electron chi connectivity index (χ4n) is 4.75. The van der Waals surface area contributed by atoms with E-state index in [2.05, 4.69) is 32.1 Å². The molecule has 1 aliphatic rings. The Balaban J connectivity index is 1.50. The number of likely N-dealkylation sites (N-methyl/N-ethyl adjacent to an activating group) is 1. The Kier molecular flexibility index (Phi) is 10.4. The molecule has 0 saturated carbocycles. The molecular formula is C29H38N6O5. The first-order valence-corrected chi connectivity index (χ1v) is 13.4. The summed E-state index contributed by atoms with van der Waals surface area (Å²) in [4.78, 5) is 26.6. The summed E-state index contributed by atoms with van der Waals surface area (Å²) < 4.78 is 17.4. The second-order valence-electron chi connectivity index (χ2n) is 9.58. The van der Waals surface area contributed by atoms with Crippen LogP contribution < -0.4 is 24.4 Å². The van der Waals surface area contributed by atoms with Crippen LogP contribution in [0.1, 0.15) is 18.0 Å². The van der Waals surface area contributed by atoms with Gasteiger partial charge in [-0.05, 0) is 25.1 Å². The third-order valence-electron chi connectivity index (χ3n) is 6.93. The largest absolute Gasteiger partial charge is 0.493 e. The van der Waals surface area contributed by atoms with Crippen LogP contribution in [0.3, 0.4) is 0 Å². The number of piperazine rings is 1. The van der Waals surface area contributed by atoms with Gasteiger partial charge in [0.2, 0.25) is 5.75 Å². The van der Waals surface area contributed by atoms with Crippen molar-refractivity contribution in [3.8, 4) is 17.2 Å². The molecule has 0 radical (unpaired) electrons. The zero-order chi connectivity index (χ0) is 28.3. The van der Waals surface area contributed by atoms with Gasteiger partial charge in [-0.15, -0.1) is 0 Å². The van der Waals surface area contributed by atoms with E-state index < -0.39 is 12.1 Å².